The molecule has 4 heteroatoms. The third-order valence-electron chi connectivity index (χ3n) is 9.37. The van der Waals surface area contributed by atoms with Gasteiger partial charge in [-0.1, -0.05) is 19.9 Å². The standard InChI is InChI=1S/C25H34O4/c1-14-13-25(28-22(14,4)5)16(3)18-10-11-24(29-25)19-8-9-20(27-7)15(2)17(19)12-21(26)23(18,24)6/h8-9,14,16,18H,10-13H2,1-7H3/t14-,16-,18+,23-,24-,25+/m0/s1. The lowest BCUT2D eigenvalue weighted by molar-refractivity contribution is -0.366. The molecule has 3 fully saturated rings. The molecule has 2 bridgehead atoms. The molecule has 1 aromatic rings. The predicted octanol–water partition coefficient (Wildman–Crippen LogP) is 4.94. The number of carbonyl (C=O) groups excluding carboxylic acids is 1. The minimum absolute atomic E-state index is 0.192. The number of carbonyl (C=O) groups is 1. The average molecular weight is 399 g/mol. The van der Waals surface area contributed by atoms with Gasteiger partial charge in [-0.05, 0) is 75.1 Å². The summed E-state index contributed by atoms with van der Waals surface area (Å²) in [5.74, 6) is 1.42. The summed E-state index contributed by atoms with van der Waals surface area (Å²) in [5.41, 5.74) is 2.03. The van der Waals surface area contributed by atoms with Gasteiger partial charge < -0.3 is 14.2 Å². The van der Waals surface area contributed by atoms with E-state index in [4.69, 9.17) is 14.2 Å². The third-order valence-corrected chi connectivity index (χ3v) is 9.37. The zero-order valence-corrected chi connectivity index (χ0v) is 18.8. The Morgan fingerprint density at radius 1 is 1.14 bits per heavy atom. The van der Waals surface area contributed by atoms with Crippen LogP contribution in [-0.4, -0.2) is 24.3 Å². The minimum atomic E-state index is -0.619. The number of fused-ring (bicyclic) bond motifs is 1. The number of benzene rings is 1. The van der Waals surface area contributed by atoms with E-state index in [1.54, 1.807) is 7.11 Å². The summed E-state index contributed by atoms with van der Waals surface area (Å²) in [4.78, 5) is 13.7. The molecule has 5 rings (SSSR count). The van der Waals surface area contributed by atoms with Crippen molar-refractivity contribution in [2.45, 2.75) is 84.2 Å². The summed E-state index contributed by atoms with van der Waals surface area (Å²) >= 11 is 0. The fourth-order valence-electron chi connectivity index (χ4n) is 7.22. The van der Waals surface area contributed by atoms with Gasteiger partial charge in [0.15, 0.2) is 5.79 Å². The van der Waals surface area contributed by atoms with E-state index in [2.05, 4.69) is 47.6 Å². The largest absolute Gasteiger partial charge is 0.496 e. The maximum absolute atomic E-state index is 13.7. The smallest absolute Gasteiger partial charge is 0.173 e. The van der Waals surface area contributed by atoms with Crippen LogP contribution in [0.1, 0.15) is 70.6 Å². The molecule has 1 saturated carbocycles. The van der Waals surface area contributed by atoms with Crippen LogP contribution in [0.2, 0.25) is 0 Å². The van der Waals surface area contributed by atoms with Crippen molar-refractivity contribution in [2.75, 3.05) is 7.11 Å². The number of ketones is 1. The molecule has 4 nitrogen and oxygen atoms in total. The van der Waals surface area contributed by atoms with Gasteiger partial charge in [0.2, 0.25) is 0 Å². The highest BCUT2D eigenvalue weighted by Crippen LogP contribution is 2.71. The van der Waals surface area contributed by atoms with Gasteiger partial charge in [-0.3, -0.25) is 4.79 Å². The molecule has 2 heterocycles. The molecule has 2 saturated heterocycles. The van der Waals surface area contributed by atoms with E-state index in [1.807, 2.05) is 6.07 Å². The van der Waals surface area contributed by atoms with Crippen molar-refractivity contribution in [3.63, 3.8) is 0 Å². The average Bonchev–Trinajstić information content (AvgIpc) is 3.03. The van der Waals surface area contributed by atoms with Crippen molar-refractivity contribution < 1.29 is 19.0 Å². The summed E-state index contributed by atoms with van der Waals surface area (Å²) in [7, 11) is 1.69. The van der Waals surface area contributed by atoms with Crippen LogP contribution in [0, 0.1) is 30.1 Å². The summed E-state index contributed by atoms with van der Waals surface area (Å²) in [6.07, 6.45) is 3.24. The van der Waals surface area contributed by atoms with Crippen molar-refractivity contribution in [3.8, 4) is 5.75 Å². The molecule has 0 unspecified atom stereocenters. The molecule has 1 aromatic carbocycles. The van der Waals surface area contributed by atoms with Gasteiger partial charge in [-0.15, -0.1) is 0 Å². The molecule has 0 aromatic heterocycles. The van der Waals surface area contributed by atoms with Crippen molar-refractivity contribution in [3.05, 3.63) is 28.8 Å². The van der Waals surface area contributed by atoms with E-state index in [-0.39, 0.29) is 17.4 Å². The third kappa shape index (κ3) is 2.10. The first-order chi connectivity index (χ1) is 13.5. The highest BCUT2D eigenvalue weighted by atomic mass is 16.7. The Morgan fingerprint density at radius 3 is 2.48 bits per heavy atom. The van der Waals surface area contributed by atoms with Crippen LogP contribution in [0.25, 0.3) is 0 Å². The van der Waals surface area contributed by atoms with E-state index in [9.17, 15) is 4.79 Å². The number of hydrogen-bond acceptors (Lipinski definition) is 4. The molecule has 4 aliphatic rings. The molecular formula is C25H34O4. The molecule has 6 atom stereocenters. The van der Waals surface area contributed by atoms with Crippen molar-refractivity contribution in [1.29, 1.82) is 0 Å². The second-order valence-electron chi connectivity index (χ2n) is 10.7. The Labute approximate surface area is 174 Å². The van der Waals surface area contributed by atoms with Crippen LogP contribution >= 0.6 is 0 Å². The minimum Gasteiger partial charge on any atom is -0.496 e. The molecule has 2 aliphatic heterocycles. The molecule has 29 heavy (non-hydrogen) atoms. The van der Waals surface area contributed by atoms with Crippen LogP contribution in [0.4, 0.5) is 0 Å². The summed E-state index contributed by atoms with van der Waals surface area (Å²) in [6, 6.07) is 4.20. The van der Waals surface area contributed by atoms with Crippen LogP contribution < -0.4 is 4.74 Å². The molecular weight excluding hydrogens is 364 g/mol. The number of hydrogen-bond donors (Lipinski definition) is 0. The zero-order chi connectivity index (χ0) is 21.0. The van der Waals surface area contributed by atoms with E-state index >= 15 is 0 Å². The SMILES string of the molecule is COc1ccc2c(c1C)CC(=O)[C@]1(C)[C@@H]3CC[C@]21O[C@]1(C[C@H](C)C(C)(C)O1)[C@H]3C. The summed E-state index contributed by atoms with van der Waals surface area (Å²) in [5, 5.41) is 0. The summed E-state index contributed by atoms with van der Waals surface area (Å²) < 4.78 is 19.5. The molecule has 1 spiro atoms. The molecule has 0 radical (unpaired) electrons. The molecule has 2 aliphatic carbocycles. The number of methoxy groups -OCH3 is 1. The van der Waals surface area contributed by atoms with E-state index in [0.29, 0.717) is 18.1 Å². The number of rotatable bonds is 1. The fourth-order valence-corrected chi connectivity index (χ4v) is 7.22. The zero-order valence-electron chi connectivity index (χ0n) is 18.8. The topological polar surface area (TPSA) is 44.8 Å². The van der Waals surface area contributed by atoms with Crippen LogP contribution in [0.15, 0.2) is 12.1 Å². The lowest BCUT2D eigenvalue weighted by atomic mass is 9.54. The predicted molar refractivity (Wildman–Crippen MR) is 111 cm³/mol. The second-order valence-corrected chi connectivity index (χ2v) is 10.7. The monoisotopic (exact) mass is 398 g/mol. The van der Waals surface area contributed by atoms with Crippen LogP contribution in [-0.2, 0) is 26.3 Å². The Bertz CT molecular complexity index is 904. The van der Waals surface area contributed by atoms with Crippen molar-refractivity contribution in [2.24, 2.45) is 23.2 Å². The number of ether oxygens (including phenoxy) is 3. The van der Waals surface area contributed by atoms with Gasteiger partial charge in [0.05, 0.1) is 18.1 Å². The Morgan fingerprint density at radius 2 is 1.86 bits per heavy atom. The first-order valence-corrected chi connectivity index (χ1v) is 11.1. The van der Waals surface area contributed by atoms with Gasteiger partial charge >= 0.3 is 0 Å². The lowest BCUT2D eigenvalue weighted by Gasteiger charge is -2.60. The first-order valence-electron chi connectivity index (χ1n) is 11.1. The quantitative estimate of drug-likeness (QED) is 0.672. The van der Waals surface area contributed by atoms with Gasteiger partial charge in [-0.2, -0.15) is 0 Å². The first kappa shape index (κ1) is 19.6. The fraction of sp³-hybridized carbons (Fsp3) is 0.720. The van der Waals surface area contributed by atoms with Gasteiger partial charge in [0.1, 0.15) is 17.1 Å². The molecule has 0 N–H and O–H groups in total. The van der Waals surface area contributed by atoms with Crippen molar-refractivity contribution >= 4 is 5.78 Å². The summed E-state index contributed by atoms with van der Waals surface area (Å²) in [6.45, 7) is 13.1. The Hall–Kier alpha value is -1.39. The normalized spacial score (nSPS) is 44.7. The second kappa shape index (κ2) is 5.64. The maximum atomic E-state index is 13.7. The molecule has 0 amide bonds. The van der Waals surface area contributed by atoms with E-state index in [1.165, 1.54) is 5.56 Å². The van der Waals surface area contributed by atoms with Crippen LogP contribution in [0.3, 0.4) is 0 Å². The Balaban J connectivity index is 1.73. The van der Waals surface area contributed by atoms with E-state index < -0.39 is 16.8 Å². The van der Waals surface area contributed by atoms with Gasteiger partial charge in [0, 0.05) is 18.8 Å². The molecule has 158 valence electrons. The number of Topliss-reactive ketones (excluding diaryl/α,β-unsaturated/α-hetero) is 1. The van der Waals surface area contributed by atoms with Crippen LogP contribution in [0.5, 0.6) is 5.75 Å². The lowest BCUT2D eigenvalue weighted by Crippen LogP contribution is -2.65. The van der Waals surface area contributed by atoms with Crippen molar-refractivity contribution in [1.82, 2.24) is 0 Å². The van der Waals surface area contributed by atoms with E-state index in [0.717, 1.165) is 36.1 Å². The van der Waals surface area contributed by atoms with Gasteiger partial charge in [0.25, 0.3) is 0 Å². The highest BCUT2D eigenvalue weighted by Gasteiger charge is 2.75. The highest BCUT2D eigenvalue weighted by molar-refractivity contribution is 5.92. The van der Waals surface area contributed by atoms with Gasteiger partial charge in [-0.25, -0.2) is 0 Å². The maximum Gasteiger partial charge on any atom is 0.173 e. The Kier molecular flexibility index (Phi) is 3.81.